The first kappa shape index (κ1) is 19.6. The summed E-state index contributed by atoms with van der Waals surface area (Å²) in [6.45, 7) is 6.05. The molecule has 0 atom stereocenters. The molecule has 0 fully saturated rings. The normalized spacial score (nSPS) is 11.2. The molecule has 0 saturated heterocycles. The average molecular weight is 359 g/mol. The van der Waals surface area contributed by atoms with Crippen LogP contribution in [0.2, 0.25) is 0 Å². The van der Waals surface area contributed by atoms with Crippen LogP contribution in [0.5, 0.6) is 11.5 Å². The van der Waals surface area contributed by atoms with Crippen molar-refractivity contribution in [1.29, 1.82) is 0 Å². The number of methoxy groups -OCH3 is 1. The Balaban J connectivity index is 2.05. The number of aliphatic imine (C=N–C) groups is 1. The molecule has 0 aromatic heterocycles. The van der Waals surface area contributed by atoms with Crippen LogP contribution in [0.3, 0.4) is 0 Å². The van der Waals surface area contributed by atoms with Crippen LogP contribution in [0.15, 0.2) is 47.5 Å². The molecule has 0 amide bonds. The maximum absolute atomic E-state index is 13.7. The molecule has 0 bridgehead atoms. The Hall–Kier alpha value is -2.76. The predicted octanol–water partition coefficient (Wildman–Crippen LogP) is 3.49. The Morgan fingerprint density at radius 3 is 2.58 bits per heavy atom. The number of hydrogen-bond acceptors (Lipinski definition) is 3. The standard InChI is InChI=1S/C20H26FN3O2/c1-4-22-20(24-14-16-8-6-7-9-17(16)21)23-13-15-10-11-18(26-5-2)19(12-15)25-3/h6-12H,4-5,13-14H2,1-3H3,(H2,22,23,24). The van der Waals surface area contributed by atoms with Gasteiger partial charge in [0.05, 0.1) is 20.3 Å². The van der Waals surface area contributed by atoms with Crippen molar-refractivity contribution in [3.8, 4) is 11.5 Å². The van der Waals surface area contributed by atoms with Crippen LogP contribution in [-0.4, -0.2) is 26.2 Å². The van der Waals surface area contributed by atoms with E-state index in [-0.39, 0.29) is 5.82 Å². The molecular weight excluding hydrogens is 333 g/mol. The third-order valence-corrected chi connectivity index (χ3v) is 3.70. The molecule has 0 saturated carbocycles. The number of ether oxygens (including phenoxy) is 2. The number of rotatable bonds is 8. The van der Waals surface area contributed by atoms with E-state index >= 15 is 0 Å². The van der Waals surface area contributed by atoms with E-state index < -0.39 is 0 Å². The second-order valence-corrected chi connectivity index (χ2v) is 5.56. The fourth-order valence-corrected chi connectivity index (χ4v) is 2.42. The highest BCUT2D eigenvalue weighted by atomic mass is 19.1. The number of nitrogens with zero attached hydrogens (tertiary/aromatic N) is 1. The lowest BCUT2D eigenvalue weighted by atomic mass is 10.2. The van der Waals surface area contributed by atoms with Gasteiger partial charge in [-0.1, -0.05) is 24.3 Å². The molecule has 2 rings (SSSR count). The number of halogens is 1. The quantitative estimate of drug-likeness (QED) is 0.560. The van der Waals surface area contributed by atoms with Crippen LogP contribution in [0.4, 0.5) is 4.39 Å². The lowest BCUT2D eigenvalue weighted by molar-refractivity contribution is 0.310. The van der Waals surface area contributed by atoms with Gasteiger partial charge in [-0.25, -0.2) is 9.38 Å². The largest absolute Gasteiger partial charge is 0.493 e. The van der Waals surface area contributed by atoms with Gasteiger partial charge >= 0.3 is 0 Å². The average Bonchev–Trinajstić information content (AvgIpc) is 2.66. The van der Waals surface area contributed by atoms with E-state index in [1.807, 2.05) is 38.1 Å². The van der Waals surface area contributed by atoms with Crippen LogP contribution in [-0.2, 0) is 13.1 Å². The van der Waals surface area contributed by atoms with Crippen molar-refractivity contribution in [3.63, 3.8) is 0 Å². The Morgan fingerprint density at radius 2 is 1.88 bits per heavy atom. The van der Waals surface area contributed by atoms with E-state index in [1.54, 1.807) is 19.2 Å². The summed E-state index contributed by atoms with van der Waals surface area (Å²) in [6, 6.07) is 12.4. The highest BCUT2D eigenvalue weighted by Crippen LogP contribution is 2.28. The van der Waals surface area contributed by atoms with Crippen LogP contribution in [0.25, 0.3) is 0 Å². The van der Waals surface area contributed by atoms with Gasteiger partial charge in [0, 0.05) is 18.7 Å². The van der Waals surface area contributed by atoms with Gasteiger partial charge in [0.2, 0.25) is 0 Å². The van der Waals surface area contributed by atoms with Crippen molar-refractivity contribution in [1.82, 2.24) is 10.6 Å². The van der Waals surface area contributed by atoms with Crippen molar-refractivity contribution in [3.05, 3.63) is 59.4 Å². The molecule has 2 aromatic rings. The molecule has 0 heterocycles. The monoisotopic (exact) mass is 359 g/mol. The third-order valence-electron chi connectivity index (χ3n) is 3.70. The summed E-state index contributed by atoms with van der Waals surface area (Å²) in [6.07, 6.45) is 0. The lowest BCUT2D eigenvalue weighted by Crippen LogP contribution is -2.37. The summed E-state index contributed by atoms with van der Waals surface area (Å²) >= 11 is 0. The maximum Gasteiger partial charge on any atom is 0.191 e. The molecule has 26 heavy (non-hydrogen) atoms. The van der Waals surface area contributed by atoms with Gasteiger partial charge in [0.25, 0.3) is 0 Å². The first-order valence-corrected chi connectivity index (χ1v) is 8.73. The van der Waals surface area contributed by atoms with Gasteiger partial charge in [0.1, 0.15) is 5.82 Å². The van der Waals surface area contributed by atoms with E-state index in [4.69, 9.17) is 9.47 Å². The summed E-state index contributed by atoms with van der Waals surface area (Å²) in [5.74, 6) is 1.80. The Labute approximate surface area is 154 Å². The minimum atomic E-state index is -0.230. The SMILES string of the molecule is CCNC(=NCc1ccc(OCC)c(OC)c1)NCc1ccccc1F. The zero-order valence-corrected chi connectivity index (χ0v) is 15.5. The molecule has 0 aliphatic rings. The zero-order valence-electron chi connectivity index (χ0n) is 15.5. The highest BCUT2D eigenvalue weighted by molar-refractivity contribution is 5.79. The van der Waals surface area contributed by atoms with Crippen molar-refractivity contribution in [2.75, 3.05) is 20.3 Å². The van der Waals surface area contributed by atoms with E-state index in [1.165, 1.54) is 6.07 Å². The number of hydrogen-bond donors (Lipinski definition) is 2. The maximum atomic E-state index is 13.7. The molecule has 0 spiro atoms. The summed E-state index contributed by atoms with van der Waals surface area (Å²) in [5.41, 5.74) is 1.59. The molecule has 0 aliphatic carbocycles. The lowest BCUT2D eigenvalue weighted by Gasteiger charge is -2.13. The molecule has 0 aliphatic heterocycles. The first-order valence-electron chi connectivity index (χ1n) is 8.73. The number of nitrogens with one attached hydrogen (secondary N) is 2. The summed E-state index contributed by atoms with van der Waals surface area (Å²) < 4.78 is 24.6. The second-order valence-electron chi connectivity index (χ2n) is 5.56. The predicted molar refractivity (Wildman–Crippen MR) is 102 cm³/mol. The van der Waals surface area contributed by atoms with Gasteiger partial charge < -0.3 is 20.1 Å². The van der Waals surface area contributed by atoms with Gasteiger partial charge in [0.15, 0.2) is 17.5 Å². The summed E-state index contributed by atoms with van der Waals surface area (Å²) in [4.78, 5) is 4.56. The molecule has 5 nitrogen and oxygen atoms in total. The van der Waals surface area contributed by atoms with Crippen molar-refractivity contribution in [2.24, 2.45) is 4.99 Å². The fraction of sp³-hybridized carbons (Fsp3) is 0.350. The van der Waals surface area contributed by atoms with Crippen LogP contribution in [0.1, 0.15) is 25.0 Å². The summed E-state index contributed by atoms with van der Waals surface area (Å²) in [5, 5.41) is 6.31. The fourth-order valence-electron chi connectivity index (χ4n) is 2.42. The van der Waals surface area contributed by atoms with Gasteiger partial charge in [-0.3, -0.25) is 0 Å². The smallest absolute Gasteiger partial charge is 0.191 e. The molecule has 0 radical (unpaired) electrons. The Kier molecular flexibility index (Phi) is 7.74. The van der Waals surface area contributed by atoms with Crippen molar-refractivity contribution in [2.45, 2.75) is 26.9 Å². The van der Waals surface area contributed by atoms with E-state index in [0.717, 1.165) is 12.1 Å². The molecule has 140 valence electrons. The van der Waals surface area contributed by atoms with Crippen molar-refractivity contribution >= 4 is 5.96 Å². The minimum Gasteiger partial charge on any atom is -0.493 e. The molecule has 0 unspecified atom stereocenters. The second kappa shape index (κ2) is 10.3. The molecule has 2 N–H and O–H groups in total. The van der Waals surface area contributed by atoms with Gasteiger partial charge in [-0.15, -0.1) is 0 Å². The van der Waals surface area contributed by atoms with E-state index in [9.17, 15) is 4.39 Å². The Bertz CT molecular complexity index is 735. The minimum absolute atomic E-state index is 0.230. The van der Waals surface area contributed by atoms with Gasteiger partial charge in [-0.2, -0.15) is 0 Å². The topological polar surface area (TPSA) is 54.9 Å². The molecular formula is C20H26FN3O2. The van der Waals surface area contributed by atoms with E-state index in [0.29, 0.717) is 42.7 Å². The van der Waals surface area contributed by atoms with E-state index in [2.05, 4.69) is 15.6 Å². The number of benzene rings is 2. The van der Waals surface area contributed by atoms with Crippen LogP contribution in [0, 0.1) is 5.82 Å². The van der Waals surface area contributed by atoms with Crippen LogP contribution >= 0.6 is 0 Å². The highest BCUT2D eigenvalue weighted by Gasteiger charge is 2.06. The molecule has 6 heteroatoms. The first-order chi connectivity index (χ1) is 12.7. The zero-order chi connectivity index (χ0) is 18.8. The third kappa shape index (κ3) is 5.65. The summed E-state index contributed by atoms with van der Waals surface area (Å²) in [7, 11) is 1.62. The van der Waals surface area contributed by atoms with Crippen LogP contribution < -0.4 is 20.1 Å². The Morgan fingerprint density at radius 1 is 1.08 bits per heavy atom. The van der Waals surface area contributed by atoms with Crippen molar-refractivity contribution < 1.29 is 13.9 Å². The number of guanidine groups is 1. The molecule has 2 aromatic carbocycles. The van der Waals surface area contributed by atoms with Gasteiger partial charge in [-0.05, 0) is 37.6 Å².